The molecule has 0 aliphatic rings. The van der Waals surface area contributed by atoms with Crippen molar-refractivity contribution in [3.63, 3.8) is 0 Å². The second-order valence-corrected chi connectivity index (χ2v) is 11.4. The summed E-state index contributed by atoms with van der Waals surface area (Å²) in [4.78, 5) is 29.2. The smallest absolute Gasteiger partial charge is 0.343 e. The van der Waals surface area contributed by atoms with E-state index in [2.05, 4.69) is 47.4 Å². The third-order valence-electron chi connectivity index (χ3n) is 5.80. The van der Waals surface area contributed by atoms with Crippen molar-refractivity contribution in [2.75, 3.05) is 0 Å². The van der Waals surface area contributed by atoms with Crippen LogP contribution in [0.25, 0.3) is 22.0 Å². The van der Waals surface area contributed by atoms with Gasteiger partial charge in [0.05, 0.1) is 21.3 Å². The number of nitrogens with zero attached hydrogens (tertiary/aromatic N) is 1. The SMILES string of the molecule is O=C(Oc1c(Br)cc(Br)cc1C=NNC(=O)c1[nH]c2cc(Cl)cc(Cl)c2c1-c1ccccc1Cl)c1ccccc1. The van der Waals surface area contributed by atoms with E-state index in [0.717, 1.165) is 0 Å². The lowest BCUT2D eigenvalue weighted by molar-refractivity contribution is 0.0733. The number of aromatic amines is 1. The topological polar surface area (TPSA) is 83.5 Å². The number of hydrazone groups is 1. The standard InChI is InChI=1S/C29H16Br2Cl3N3O3/c30-17-10-16(27(20(31)11-17)40-29(39)15-6-2-1-3-7-15)14-35-37-28(38)26-24(19-8-4-5-9-21(19)33)25-22(34)12-18(32)13-23(25)36-26/h1-14,36H,(H,37,38). The number of nitrogens with one attached hydrogen (secondary N) is 2. The number of hydrogen-bond donors (Lipinski definition) is 2. The number of benzene rings is 4. The van der Waals surface area contributed by atoms with Crippen LogP contribution in [-0.2, 0) is 0 Å². The summed E-state index contributed by atoms with van der Waals surface area (Å²) in [5, 5.41) is 5.95. The zero-order valence-electron chi connectivity index (χ0n) is 20.1. The summed E-state index contributed by atoms with van der Waals surface area (Å²) in [6, 6.07) is 22.4. The molecule has 1 heterocycles. The van der Waals surface area contributed by atoms with Gasteiger partial charge in [-0.1, -0.05) is 87.1 Å². The lowest BCUT2D eigenvalue weighted by Gasteiger charge is -2.10. The molecule has 0 atom stereocenters. The summed E-state index contributed by atoms with van der Waals surface area (Å²) in [6.45, 7) is 0. The zero-order valence-corrected chi connectivity index (χ0v) is 25.6. The molecule has 0 aliphatic heterocycles. The van der Waals surface area contributed by atoms with Crippen LogP contribution in [0.1, 0.15) is 26.4 Å². The molecule has 0 aliphatic carbocycles. The molecule has 0 bridgehead atoms. The third-order valence-corrected chi connectivity index (χ3v) is 7.69. The van der Waals surface area contributed by atoms with Crippen LogP contribution in [0.2, 0.25) is 15.1 Å². The number of H-pyrrole nitrogens is 1. The van der Waals surface area contributed by atoms with Crippen molar-refractivity contribution in [3.8, 4) is 16.9 Å². The molecule has 0 spiro atoms. The molecule has 0 unspecified atom stereocenters. The molecule has 0 fully saturated rings. The molecule has 4 aromatic carbocycles. The van der Waals surface area contributed by atoms with Gasteiger partial charge in [0.15, 0.2) is 5.75 Å². The van der Waals surface area contributed by atoms with Gasteiger partial charge in [-0.2, -0.15) is 5.10 Å². The fraction of sp³-hybridized carbons (Fsp3) is 0. The van der Waals surface area contributed by atoms with Gasteiger partial charge in [0, 0.05) is 42.1 Å². The second-order valence-electron chi connectivity index (χ2n) is 8.43. The molecule has 1 aromatic heterocycles. The first kappa shape index (κ1) is 28.4. The van der Waals surface area contributed by atoms with Gasteiger partial charge in [-0.25, -0.2) is 10.2 Å². The Morgan fingerprint density at radius 1 is 0.900 bits per heavy atom. The van der Waals surface area contributed by atoms with E-state index < -0.39 is 11.9 Å². The Bertz CT molecular complexity index is 1810. The molecule has 11 heteroatoms. The lowest BCUT2D eigenvalue weighted by atomic mass is 10.0. The fourth-order valence-electron chi connectivity index (χ4n) is 4.08. The Balaban J connectivity index is 1.48. The summed E-state index contributed by atoms with van der Waals surface area (Å²) in [7, 11) is 0. The highest BCUT2D eigenvalue weighted by molar-refractivity contribution is 9.11. The monoisotopic (exact) mass is 717 g/mol. The van der Waals surface area contributed by atoms with Gasteiger partial charge in [0.2, 0.25) is 0 Å². The number of halogens is 5. The highest BCUT2D eigenvalue weighted by Gasteiger charge is 2.23. The first-order valence-electron chi connectivity index (χ1n) is 11.6. The number of amides is 1. The van der Waals surface area contributed by atoms with Crippen molar-refractivity contribution in [1.29, 1.82) is 0 Å². The van der Waals surface area contributed by atoms with Gasteiger partial charge in [-0.3, -0.25) is 4.79 Å². The summed E-state index contributed by atoms with van der Waals surface area (Å²) < 4.78 is 6.87. The maximum atomic E-state index is 13.4. The van der Waals surface area contributed by atoms with Gasteiger partial charge < -0.3 is 9.72 Å². The van der Waals surface area contributed by atoms with E-state index in [0.29, 0.717) is 57.2 Å². The Hall–Kier alpha value is -3.14. The van der Waals surface area contributed by atoms with E-state index in [1.807, 2.05) is 6.07 Å². The molecule has 0 radical (unpaired) electrons. The Morgan fingerprint density at radius 2 is 1.62 bits per heavy atom. The normalized spacial score (nSPS) is 11.2. The van der Waals surface area contributed by atoms with E-state index in [4.69, 9.17) is 39.5 Å². The molecular formula is C29H16Br2Cl3N3O3. The number of carbonyl (C=O) groups excluding carboxylic acids is 2. The third kappa shape index (κ3) is 5.96. The van der Waals surface area contributed by atoms with Crippen LogP contribution < -0.4 is 10.2 Å². The summed E-state index contributed by atoms with van der Waals surface area (Å²) in [5.74, 6) is -0.856. The minimum atomic E-state index is -0.550. The summed E-state index contributed by atoms with van der Waals surface area (Å²) in [6.07, 6.45) is 1.38. The first-order chi connectivity index (χ1) is 19.2. The average molecular weight is 721 g/mol. The Labute approximate surface area is 260 Å². The minimum absolute atomic E-state index is 0.190. The van der Waals surface area contributed by atoms with Crippen LogP contribution in [0.3, 0.4) is 0 Å². The molecule has 5 rings (SSSR count). The van der Waals surface area contributed by atoms with Crippen LogP contribution >= 0.6 is 66.7 Å². The van der Waals surface area contributed by atoms with Crippen LogP contribution in [0.5, 0.6) is 5.75 Å². The van der Waals surface area contributed by atoms with Crippen molar-refractivity contribution >= 4 is 95.7 Å². The van der Waals surface area contributed by atoms with E-state index >= 15 is 0 Å². The Morgan fingerprint density at radius 3 is 2.38 bits per heavy atom. The second kappa shape index (κ2) is 12.2. The Kier molecular flexibility index (Phi) is 8.63. The highest BCUT2D eigenvalue weighted by Crippen LogP contribution is 2.41. The van der Waals surface area contributed by atoms with Gasteiger partial charge in [0.1, 0.15) is 5.69 Å². The number of hydrogen-bond acceptors (Lipinski definition) is 4. The van der Waals surface area contributed by atoms with Crippen LogP contribution in [0.4, 0.5) is 0 Å². The lowest BCUT2D eigenvalue weighted by Crippen LogP contribution is -2.19. The van der Waals surface area contributed by atoms with Crippen LogP contribution in [0, 0.1) is 0 Å². The molecule has 2 N–H and O–H groups in total. The van der Waals surface area contributed by atoms with E-state index in [9.17, 15) is 9.59 Å². The van der Waals surface area contributed by atoms with Crippen LogP contribution in [0.15, 0.2) is 92.9 Å². The fourth-order valence-corrected chi connectivity index (χ4v) is 6.24. The number of esters is 1. The van der Waals surface area contributed by atoms with Crippen molar-refractivity contribution in [1.82, 2.24) is 10.4 Å². The van der Waals surface area contributed by atoms with Gasteiger partial charge in [-0.15, -0.1) is 0 Å². The molecular weight excluding hydrogens is 705 g/mol. The molecule has 0 saturated heterocycles. The highest BCUT2D eigenvalue weighted by atomic mass is 79.9. The number of aromatic nitrogens is 1. The summed E-state index contributed by atoms with van der Waals surface area (Å²) in [5.41, 5.74) is 5.23. The van der Waals surface area contributed by atoms with Crippen molar-refractivity contribution < 1.29 is 14.3 Å². The number of ether oxygens (including phenoxy) is 1. The molecule has 5 aromatic rings. The van der Waals surface area contributed by atoms with E-state index in [-0.39, 0.29) is 11.4 Å². The van der Waals surface area contributed by atoms with Gasteiger partial charge in [-0.05, 0) is 58.4 Å². The molecule has 1 amide bonds. The van der Waals surface area contributed by atoms with Gasteiger partial charge in [0.25, 0.3) is 5.91 Å². The van der Waals surface area contributed by atoms with Crippen molar-refractivity contribution in [2.45, 2.75) is 0 Å². The van der Waals surface area contributed by atoms with Crippen molar-refractivity contribution in [3.05, 3.63) is 120 Å². The molecule has 40 heavy (non-hydrogen) atoms. The quantitative estimate of drug-likeness (QED) is 0.0794. The van der Waals surface area contributed by atoms with Crippen LogP contribution in [-0.4, -0.2) is 23.1 Å². The largest absolute Gasteiger partial charge is 0.421 e. The number of rotatable bonds is 6. The molecule has 200 valence electrons. The zero-order chi connectivity index (χ0) is 28.4. The average Bonchev–Trinajstić information content (AvgIpc) is 3.30. The van der Waals surface area contributed by atoms with E-state index in [1.165, 1.54) is 6.21 Å². The molecule has 6 nitrogen and oxygen atoms in total. The minimum Gasteiger partial charge on any atom is -0.421 e. The first-order valence-corrected chi connectivity index (χ1v) is 14.3. The van der Waals surface area contributed by atoms with E-state index in [1.54, 1.807) is 72.8 Å². The number of fused-ring (bicyclic) bond motifs is 1. The number of carbonyl (C=O) groups is 2. The van der Waals surface area contributed by atoms with Crippen molar-refractivity contribution in [2.24, 2.45) is 5.10 Å². The maximum Gasteiger partial charge on any atom is 0.343 e. The van der Waals surface area contributed by atoms with Gasteiger partial charge >= 0.3 is 5.97 Å². The summed E-state index contributed by atoms with van der Waals surface area (Å²) >= 11 is 26.1. The predicted molar refractivity (Wildman–Crippen MR) is 167 cm³/mol. The predicted octanol–water partition coefficient (Wildman–Crippen LogP) is 9.30. The maximum absolute atomic E-state index is 13.4. The molecule has 0 saturated carbocycles.